The molecule has 1 aromatic carbocycles. The standard InChI is InChI=1S/C11H10F3NO2/c12-9-7-3-4-15(11(16)17)5-6(7)1-2-8(9)10(13)14/h1-2,10H,3-5H2,(H,16,17). The number of hydrogen-bond donors (Lipinski definition) is 1. The fourth-order valence-electron chi connectivity index (χ4n) is 1.96. The molecule has 0 radical (unpaired) electrons. The normalized spacial score (nSPS) is 14.9. The minimum atomic E-state index is -2.85. The Bertz CT molecular complexity index is 462. The first-order chi connectivity index (χ1) is 8.00. The van der Waals surface area contributed by atoms with Gasteiger partial charge in [0, 0.05) is 13.1 Å². The van der Waals surface area contributed by atoms with Crippen molar-refractivity contribution in [2.75, 3.05) is 6.54 Å². The number of fused-ring (bicyclic) bond motifs is 1. The lowest BCUT2D eigenvalue weighted by Gasteiger charge is -2.27. The van der Waals surface area contributed by atoms with Gasteiger partial charge in [-0.25, -0.2) is 18.0 Å². The molecule has 0 unspecified atom stereocenters. The number of alkyl halides is 2. The average Bonchev–Trinajstić information content (AvgIpc) is 2.28. The van der Waals surface area contributed by atoms with Crippen LogP contribution in [0.15, 0.2) is 12.1 Å². The summed E-state index contributed by atoms with van der Waals surface area (Å²) in [6, 6.07) is 2.39. The van der Waals surface area contributed by atoms with E-state index in [1.807, 2.05) is 0 Å². The highest BCUT2D eigenvalue weighted by atomic mass is 19.3. The number of amides is 1. The SMILES string of the molecule is O=C(O)N1CCc2c(ccc(C(F)F)c2F)C1. The van der Waals surface area contributed by atoms with Crippen LogP contribution in [0.4, 0.5) is 18.0 Å². The predicted molar refractivity (Wildman–Crippen MR) is 53.5 cm³/mol. The van der Waals surface area contributed by atoms with E-state index in [1.54, 1.807) is 0 Å². The van der Waals surface area contributed by atoms with Gasteiger partial charge in [-0.1, -0.05) is 12.1 Å². The molecule has 1 heterocycles. The molecule has 92 valence electrons. The number of rotatable bonds is 1. The molecule has 0 aromatic heterocycles. The summed E-state index contributed by atoms with van der Waals surface area (Å²) in [4.78, 5) is 11.9. The molecule has 1 amide bonds. The van der Waals surface area contributed by atoms with Crippen LogP contribution in [0.1, 0.15) is 23.1 Å². The Morgan fingerprint density at radius 3 is 2.71 bits per heavy atom. The van der Waals surface area contributed by atoms with Crippen LogP contribution in [-0.4, -0.2) is 22.6 Å². The molecular weight excluding hydrogens is 235 g/mol. The van der Waals surface area contributed by atoms with Crippen molar-refractivity contribution in [3.63, 3.8) is 0 Å². The maximum Gasteiger partial charge on any atom is 0.407 e. The third kappa shape index (κ3) is 2.07. The smallest absolute Gasteiger partial charge is 0.407 e. The van der Waals surface area contributed by atoms with Gasteiger partial charge in [0.25, 0.3) is 6.43 Å². The summed E-state index contributed by atoms with van der Waals surface area (Å²) in [5, 5.41) is 8.79. The van der Waals surface area contributed by atoms with Crippen molar-refractivity contribution in [1.82, 2.24) is 4.90 Å². The first kappa shape index (κ1) is 11.8. The van der Waals surface area contributed by atoms with Crippen LogP contribution in [0.5, 0.6) is 0 Å². The van der Waals surface area contributed by atoms with Gasteiger partial charge in [-0.05, 0) is 17.5 Å². The molecule has 0 aliphatic carbocycles. The summed E-state index contributed by atoms with van der Waals surface area (Å²) in [7, 11) is 0. The molecule has 1 N–H and O–H groups in total. The fourth-order valence-corrected chi connectivity index (χ4v) is 1.96. The maximum absolute atomic E-state index is 13.7. The predicted octanol–water partition coefficient (Wildman–Crippen LogP) is 2.80. The van der Waals surface area contributed by atoms with Crippen molar-refractivity contribution in [2.45, 2.75) is 19.4 Å². The van der Waals surface area contributed by atoms with Gasteiger partial charge in [0.2, 0.25) is 0 Å². The van der Waals surface area contributed by atoms with E-state index < -0.39 is 23.9 Å². The molecule has 6 heteroatoms. The summed E-state index contributed by atoms with van der Waals surface area (Å²) in [5.74, 6) is -0.900. The monoisotopic (exact) mass is 245 g/mol. The maximum atomic E-state index is 13.7. The van der Waals surface area contributed by atoms with E-state index in [4.69, 9.17) is 5.11 Å². The molecule has 0 fully saturated rings. The molecule has 2 rings (SSSR count). The summed E-state index contributed by atoms with van der Waals surface area (Å²) >= 11 is 0. The fraction of sp³-hybridized carbons (Fsp3) is 0.364. The van der Waals surface area contributed by atoms with Gasteiger partial charge >= 0.3 is 6.09 Å². The zero-order valence-electron chi connectivity index (χ0n) is 8.79. The lowest BCUT2D eigenvalue weighted by atomic mass is 9.96. The number of benzene rings is 1. The highest BCUT2D eigenvalue weighted by Gasteiger charge is 2.25. The zero-order valence-corrected chi connectivity index (χ0v) is 8.79. The van der Waals surface area contributed by atoms with E-state index in [2.05, 4.69) is 0 Å². The van der Waals surface area contributed by atoms with Gasteiger partial charge in [-0.15, -0.1) is 0 Å². The Morgan fingerprint density at radius 1 is 1.41 bits per heavy atom. The van der Waals surface area contributed by atoms with Crippen molar-refractivity contribution < 1.29 is 23.1 Å². The van der Waals surface area contributed by atoms with E-state index in [0.717, 1.165) is 11.0 Å². The Labute approximate surface area is 95.5 Å². The van der Waals surface area contributed by atoms with E-state index in [0.29, 0.717) is 5.56 Å². The molecule has 3 nitrogen and oxygen atoms in total. The number of hydrogen-bond acceptors (Lipinski definition) is 1. The molecule has 1 aliphatic heterocycles. The molecule has 1 aliphatic rings. The number of carboxylic acid groups (broad SMARTS) is 1. The quantitative estimate of drug-likeness (QED) is 0.826. The van der Waals surface area contributed by atoms with Crippen LogP contribution in [0.25, 0.3) is 0 Å². The van der Waals surface area contributed by atoms with Crippen molar-refractivity contribution in [1.29, 1.82) is 0 Å². The second-order valence-electron chi connectivity index (χ2n) is 3.86. The Morgan fingerprint density at radius 2 is 2.12 bits per heavy atom. The third-order valence-electron chi connectivity index (χ3n) is 2.87. The van der Waals surface area contributed by atoms with E-state index in [-0.39, 0.29) is 25.1 Å². The lowest BCUT2D eigenvalue weighted by molar-refractivity contribution is 0.137. The molecule has 0 atom stereocenters. The summed E-state index contributed by atoms with van der Waals surface area (Å²) in [5.41, 5.74) is 0.0494. The Hall–Kier alpha value is -1.72. The summed E-state index contributed by atoms with van der Waals surface area (Å²) in [6.45, 7) is 0.178. The molecule has 1 aromatic rings. The van der Waals surface area contributed by atoms with Crippen molar-refractivity contribution in [3.05, 3.63) is 34.6 Å². The van der Waals surface area contributed by atoms with Crippen molar-refractivity contribution >= 4 is 6.09 Å². The van der Waals surface area contributed by atoms with Crippen LogP contribution >= 0.6 is 0 Å². The summed E-state index contributed by atoms with van der Waals surface area (Å²) in [6.07, 6.45) is -3.81. The molecule has 0 spiro atoms. The largest absolute Gasteiger partial charge is 0.465 e. The van der Waals surface area contributed by atoms with Crippen LogP contribution in [0, 0.1) is 5.82 Å². The number of carbonyl (C=O) groups is 1. The third-order valence-corrected chi connectivity index (χ3v) is 2.87. The Balaban J connectivity index is 2.37. The van der Waals surface area contributed by atoms with Gasteiger partial charge in [-0.2, -0.15) is 0 Å². The molecule has 0 bridgehead atoms. The van der Waals surface area contributed by atoms with Crippen molar-refractivity contribution in [2.24, 2.45) is 0 Å². The highest BCUT2D eigenvalue weighted by molar-refractivity contribution is 5.65. The van der Waals surface area contributed by atoms with E-state index in [1.165, 1.54) is 6.07 Å². The highest BCUT2D eigenvalue weighted by Crippen LogP contribution is 2.29. The molecule has 17 heavy (non-hydrogen) atoms. The molecule has 0 saturated carbocycles. The van der Waals surface area contributed by atoms with Crippen molar-refractivity contribution in [3.8, 4) is 0 Å². The topological polar surface area (TPSA) is 40.5 Å². The van der Waals surface area contributed by atoms with Crippen LogP contribution in [0.3, 0.4) is 0 Å². The van der Waals surface area contributed by atoms with Gasteiger partial charge in [-0.3, -0.25) is 0 Å². The second kappa shape index (κ2) is 4.27. The van der Waals surface area contributed by atoms with Gasteiger partial charge in [0.05, 0.1) is 5.56 Å². The molecular formula is C11H10F3NO2. The van der Waals surface area contributed by atoms with E-state index in [9.17, 15) is 18.0 Å². The minimum Gasteiger partial charge on any atom is -0.465 e. The van der Waals surface area contributed by atoms with Crippen LogP contribution < -0.4 is 0 Å². The van der Waals surface area contributed by atoms with Gasteiger partial charge < -0.3 is 10.0 Å². The zero-order chi connectivity index (χ0) is 12.6. The van der Waals surface area contributed by atoms with Crippen LogP contribution in [0.2, 0.25) is 0 Å². The Kier molecular flexibility index (Phi) is 2.95. The number of nitrogens with zero attached hydrogens (tertiary/aromatic N) is 1. The molecule has 0 saturated heterocycles. The first-order valence-corrected chi connectivity index (χ1v) is 5.07. The first-order valence-electron chi connectivity index (χ1n) is 5.07. The summed E-state index contributed by atoms with van der Waals surface area (Å²) < 4.78 is 38.6. The van der Waals surface area contributed by atoms with Gasteiger partial charge in [0.15, 0.2) is 0 Å². The number of halogens is 3. The van der Waals surface area contributed by atoms with Crippen LogP contribution in [-0.2, 0) is 13.0 Å². The van der Waals surface area contributed by atoms with Gasteiger partial charge in [0.1, 0.15) is 5.82 Å². The average molecular weight is 245 g/mol. The van der Waals surface area contributed by atoms with E-state index >= 15 is 0 Å². The second-order valence-corrected chi connectivity index (χ2v) is 3.86. The lowest BCUT2D eigenvalue weighted by Crippen LogP contribution is -2.35. The minimum absolute atomic E-state index is 0.0467.